The highest BCUT2D eigenvalue weighted by Crippen LogP contribution is 2.34. The van der Waals surface area contributed by atoms with Crippen molar-refractivity contribution < 1.29 is 13.9 Å². The summed E-state index contributed by atoms with van der Waals surface area (Å²) in [5.41, 5.74) is 2.75. The summed E-state index contributed by atoms with van der Waals surface area (Å²) in [5, 5.41) is 6.92. The Bertz CT molecular complexity index is 1460. The first kappa shape index (κ1) is 24.3. The molecule has 2 aliphatic heterocycles. The lowest BCUT2D eigenvalue weighted by Gasteiger charge is -2.31. The molecule has 4 aromatic rings. The van der Waals surface area contributed by atoms with Gasteiger partial charge in [0.15, 0.2) is 17.4 Å². The average molecular weight is 517 g/mol. The van der Waals surface area contributed by atoms with Crippen molar-refractivity contribution in [2.24, 2.45) is 0 Å². The second-order valence-electron chi connectivity index (χ2n) is 9.64. The Hall–Kier alpha value is -4.09. The average Bonchev–Trinajstić information content (AvgIpc) is 3.28. The number of halogens is 1. The van der Waals surface area contributed by atoms with Crippen LogP contribution in [0, 0.1) is 12.7 Å². The van der Waals surface area contributed by atoms with Crippen molar-refractivity contribution in [2.75, 3.05) is 44.6 Å². The van der Waals surface area contributed by atoms with Crippen LogP contribution in [0.5, 0.6) is 11.6 Å². The van der Waals surface area contributed by atoms with Crippen molar-refractivity contribution in [3.05, 3.63) is 65.5 Å². The lowest BCUT2D eigenvalue weighted by Crippen LogP contribution is -2.42. The number of carbonyl (C=O) groups is 1. The maximum atomic E-state index is 15.3. The van der Waals surface area contributed by atoms with Crippen molar-refractivity contribution in [1.82, 2.24) is 35.1 Å². The predicted octanol–water partition coefficient (Wildman–Crippen LogP) is 3.59. The molecule has 2 aliphatic rings. The number of nitrogens with one attached hydrogen (secondary N) is 3. The van der Waals surface area contributed by atoms with Crippen LogP contribution in [0.4, 0.5) is 16.0 Å². The van der Waals surface area contributed by atoms with Crippen molar-refractivity contribution in [3.63, 3.8) is 0 Å². The van der Waals surface area contributed by atoms with Crippen molar-refractivity contribution in [3.8, 4) is 11.6 Å². The number of piperazine rings is 1. The number of anilines is 2. The molecule has 0 atom stereocenters. The van der Waals surface area contributed by atoms with Crippen LogP contribution >= 0.6 is 0 Å². The number of fused-ring (bicyclic) bond motifs is 1. The number of aromatic amines is 1. The summed E-state index contributed by atoms with van der Waals surface area (Å²) < 4.78 is 21.2. The number of pyridine rings is 1. The van der Waals surface area contributed by atoms with Crippen LogP contribution in [-0.4, -0.2) is 74.9 Å². The number of amides is 1. The van der Waals surface area contributed by atoms with E-state index >= 15 is 4.39 Å². The molecule has 1 amide bonds. The number of aryl methyl sites for hydroxylation is 1. The van der Waals surface area contributed by atoms with E-state index in [1.807, 2.05) is 25.3 Å². The third kappa shape index (κ3) is 4.90. The van der Waals surface area contributed by atoms with Gasteiger partial charge in [-0.2, -0.15) is 0 Å². The van der Waals surface area contributed by atoms with Gasteiger partial charge in [-0.3, -0.25) is 9.69 Å². The Morgan fingerprint density at radius 1 is 1.11 bits per heavy atom. The van der Waals surface area contributed by atoms with Gasteiger partial charge < -0.3 is 25.3 Å². The standard InChI is InChI=1S/C27H29FN8O2/c1-17-13-19-20(33-17)4-5-21(24(19)28)38-26-23(27(37)36-9-2-10-36)25(31-16-32-26)34-22-6-3-18(14-30-22)15-35-11-7-29-8-12-35/h3-6,13-14,16,29,33H,2,7-12,15H2,1H3,(H,30,31,32,34). The van der Waals surface area contributed by atoms with Crippen molar-refractivity contribution in [1.29, 1.82) is 0 Å². The normalized spacial score (nSPS) is 15.9. The number of rotatable bonds is 7. The fourth-order valence-corrected chi connectivity index (χ4v) is 4.72. The minimum Gasteiger partial charge on any atom is -0.435 e. The monoisotopic (exact) mass is 516 g/mol. The quantitative estimate of drug-likeness (QED) is 0.342. The number of likely N-dealkylation sites (tertiary alicyclic amines) is 1. The molecule has 3 aromatic heterocycles. The molecule has 0 saturated carbocycles. The van der Waals surface area contributed by atoms with E-state index in [2.05, 4.69) is 35.5 Å². The molecular formula is C27H29FN8O2. The Kier molecular flexibility index (Phi) is 6.61. The van der Waals surface area contributed by atoms with Crippen LogP contribution < -0.4 is 15.4 Å². The molecule has 0 bridgehead atoms. The predicted molar refractivity (Wildman–Crippen MR) is 141 cm³/mol. The highest BCUT2D eigenvalue weighted by atomic mass is 19.1. The Balaban J connectivity index is 1.28. The zero-order chi connectivity index (χ0) is 26.1. The van der Waals surface area contributed by atoms with Crippen molar-refractivity contribution in [2.45, 2.75) is 19.9 Å². The number of hydrogen-bond donors (Lipinski definition) is 3. The van der Waals surface area contributed by atoms with Gasteiger partial charge in [0.1, 0.15) is 17.7 Å². The summed E-state index contributed by atoms with van der Waals surface area (Å²) in [6, 6.07) is 8.85. The van der Waals surface area contributed by atoms with E-state index in [1.165, 1.54) is 12.4 Å². The SMILES string of the molecule is Cc1cc2c(F)c(Oc3ncnc(Nc4ccc(CN5CCNCC5)cn4)c3C(=O)N3CCC3)ccc2[nH]1. The summed E-state index contributed by atoms with van der Waals surface area (Å²) in [6.45, 7) is 7.94. The maximum Gasteiger partial charge on any atom is 0.263 e. The van der Waals surface area contributed by atoms with Crippen LogP contribution in [0.3, 0.4) is 0 Å². The summed E-state index contributed by atoms with van der Waals surface area (Å²) in [6.07, 6.45) is 4.04. The van der Waals surface area contributed by atoms with Crippen molar-refractivity contribution >= 4 is 28.4 Å². The first-order valence-electron chi connectivity index (χ1n) is 12.8. The Morgan fingerprint density at radius 3 is 2.68 bits per heavy atom. The fraction of sp³-hybridized carbons (Fsp3) is 0.333. The van der Waals surface area contributed by atoms with Gasteiger partial charge in [-0.15, -0.1) is 0 Å². The number of carbonyl (C=O) groups excluding carboxylic acids is 1. The van der Waals surface area contributed by atoms with Crippen LogP contribution in [0.2, 0.25) is 0 Å². The number of ether oxygens (including phenoxy) is 1. The molecule has 196 valence electrons. The molecular weight excluding hydrogens is 487 g/mol. The smallest absolute Gasteiger partial charge is 0.263 e. The molecule has 0 unspecified atom stereocenters. The van der Waals surface area contributed by atoms with Crippen LogP contribution in [-0.2, 0) is 6.54 Å². The summed E-state index contributed by atoms with van der Waals surface area (Å²) in [7, 11) is 0. The topological polar surface area (TPSA) is 111 Å². The first-order valence-corrected chi connectivity index (χ1v) is 12.8. The van der Waals surface area contributed by atoms with E-state index in [9.17, 15) is 4.79 Å². The molecule has 1 aromatic carbocycles. The third-order valence-corrected chi connectivity index (χ3v) is 6.90. The highest BCUT2D eigenvalue weighted by Gasteiger charge is 2.30. The van der Waals surface area contributed by atoms with E-state index in [1.54, 1.807) is 17.0 Å². The zero-order valence-corrected chi connectivity index (χ0v) is 21.1. The third-order valence-electron chi connectivity index (χ3n) is 6.90. The van der Waals surface area contributed by atoms with E-state index in [-0.39, 0.29) is 28.9 Å². The number of aromatic nitrogens is 4. The maximum absolute atomic E-state index is 15.3. The summed E-state index contributed by atoms with van der Waals surface area (Å²) in [4.78, 5) is 33.7. The van der Waals surface area contributed by atoms with Gasteiger partial charge >= 0.3 is 0 Å². The summed E-state index contributed by atoms with van der Waals surface area (Å²) >= 11 is 0. The van der Waals surface area contributed by atoms with E-state index < -0.39 is 5.82 Å². The van der Waals surface area contributed by atoms with E-state index in [4.69, 9.17) is 4.74 Å². The lowest BCUT2D eigenvalue weighted by atomic mass is 10.1. The minimum atomic E-state index is -0.524. The molecule has 10 nitrogen and oxygen atoms in total. The number of hydrogen-bond acceptors (Lipinski definition) is 8. The second-order valence-corrected chi connectivity index (χ2v) is 9.64. The van der Waals surface area contributed by atoms with Gasteiger partial charge in [-0.25, -0.2) is 19.3 Å². The largest absolute Gasteiger partial charge is 0.435 e. The Labute approximate surface area is 219 Å². The van der Waals surface area contributed by atoms with Crippen LogP contribution in [0.25, 0.3) is 10.9 Å². The molecule has 38 heavy (non-hydrogen) atoms. The second kappa shape index (κ2) is 10.3. The molecule has 0 radical (unpaired) electrons. The van der Waals surface area contributed by atoms with Crippen LogP contribution in [0.1, 0.15) is 28.0 Å². The number of H-pyrrole nitrogens is 1. The van der Waals surface area contributed by atoms with Gasteiger partial charge in [-0.05, 0) is 43.2 Å². The summed E-state index contributed by atoms with van der Waals surface area (Å²) in [5.74, 6) is -0.0397. The molecule has 0 aliphatic carbocycles. The highest BCUT2D eigenvalue weighted by molar-refractivity contribution is 6.02. The number of benzene rings is 1. The zero-order valence-electron chi connectivity index (χ0n) is 21.1. The number of nitrogens with zero attached hydrogens (tertiary/aromatic N) is 5. The molecule has 5 heterocycles. The van der Waals surface area contributed by atoms with Gasteiger partial charge in [-0.1, -0.05) is 6.07 Å². The van der Waals surface area contributed by atoms with Gasteiger partial charge in [0.25, 0.3) is 5.91 Å². The van der Waals surface area contributed by atoms with E-state index in [0.29, 0.717) is 29.8 Å². The molecule has 3 N–H and O–H groups in total. The van der Waals surface area contributed by atoms with E-state index in [0.717, 1.165) is 50.4 Å². The van der Waals surface area contributed by atoms with Gasteiger partial charge in [0.2, 0.25) is 5.88 Å². The Morgan fingerprint density at radius 2 is 1.95 bits per heavy atom. The molecule has 2 fully saturated rings. The van der Waals surface area contributed by atoms with Crippen LogP contribution in [0.15, 0.2) is 42.9 Å². The first-order chi connectivity index (χ1) is 18.5. The molecule has 11 heteroatoms. The van der Waals surface area contributed by atoms with Gasteiger partial charge in [0.05, 0.1) is 0 Å². The molecule has 2 saturated heterocycles. The minimum absolute atomic E-state index is 0.0137. The lowest BCUT2D eigenvalue weighted by molar-refractivity contribution is 0.0649. The van der Waals surface area contributed by atoms with Gasteiger partial charge in [0, 0.05) is 68.6 Å². The fourth-order valence-electron chi connectivity index (χ4n) is 4.72. The molecule has 6 rings (SSSR count). The molecule has 0 spiro atoms.